The summed E-state index contributed by atoms with van der Waals surface area (Å²) in [4.78, 5) is 0. The van der Waals surface area contributed by atoms with Gasteiger partial charge in [0.2, 0.25) is 0 Å². The molecule has 0 rings (SSSR count). The van der Waals surface area contributed by atoms with Gasteiger partial charge in [0.05, 0.1) is 19.1 Å². The molecule has 0 fully saturated rings. The summed E-state index contributed by atoms with van der Waals surface area (Å²) in [5.41, 5.74) is 0. The van der Waals surface area contributed by atoms with E-state index in [1.807, 2.05) is 0 Å². The summed E-state index contributed by atoms with van der Waals surface area (Å²) in [5, 5.41) is 15.5. The first-order chi connectivity index (χ1) is 2.41. The molecule has 2 nitrogen and oxygen atoms in total. The number of aliphatic hydroxyl groups excluding tert-OH is 1. The zero-order chi connectivity index (χ0) is 4.12. The van der Waals surface area contributed by atoms with Crippen LogP contribution in [0, 0.1) is 11.3 Å². The van der Waals surface area contributed by atoms with Gasteiger partial charge < -0.3 is 5.11 Å². The van der Waals surface area contributed by atoms with E-state index in [2.05, 4.69) is 0 Å². The van der Waals surface area contributed by atoms with Crippen LogP contribution in [-0.4, -0.2) is 63.1 Å². The fourth-order valence-corrected chi connectivity index (χ4v) is 0.0500. The first-order valence-electron chi connectivity index (χ1n) is 1.39. The summed E-state index contributed by atoms with van der Waals surface area (Å²) in [5.74, 6) is 0. The Morgan fingerprint density at radius 3 is 2.17 bits per heavy atom. The van der Waals surface area contributed by atoms with Crippen molar-refractivity contribution in [2.24, 2.45) is 0 Å². The van der Waals surface area contributed by atoms with E-state index in [4.69, 9.17) is 10.4 Å². The summed E-state index contributed by atoms with van der Waals surface area (Å²) in [6.45, 7) is -0.0174. The van der Waals surface area contributed by atoms with Crippen LogP contribution in [0.5, 0.6) is 0 Å². The second-order valence-electron chi connectivity index (χ2n) is 0.632. The molecule has 0 aliphatic carbocycles. The van der Waals surface area contributed by atoms with E-state index in [0.29, 0.717) is 0 Å². The van der Waals surface area contributed by atoms with Crippen LogP contribution < -0.4 is 0 Å². The van der Waals surface area contributed by atoms with Gasteiger partial charge in [0, 0.05) is 0 Å². The molecule has 0 heterocycles. The Bertz CT molecular complexity index is 49.2. The van der Waals surface area contributed by atoms with Crippen molar-refractivity contribution in [1.29, 1.82) is 5.26 Å². The monoisotopic (exact) mass is 111 g/mol. The Hall–Kier alpha value is 1.09. The molecule has 0 aromatic rings. The van der Waals surface area contributed by atoms with Crippen molar-refractivity contribution in [1.82, 2.24) is 0 Å². The predicted octanol–water partition coefficient (Wildman–Crippen LogP) is -0.756. The molecule has 0 atom stereocenters. The fourth-order valence-electron chi connectivity index (χ4n) is 0.0500. The van der Waals surface area contributed by atoms with E-state index in [0.717, 1.165) is 0 Å². The predicted molar refractivity (Wildman–Crippen MR) is 24.5 cm³/mol. The van der Waals surface area contributed by atoms with Crippen molar-refractivity contribution < 1.29 is 5.11 Å². The summed E-state index contributed by atoms with van der Waals surface area (Å²) in [6, 6.07) is 1.77. The van der Waals surface area contributed by atoms with Gasteiger partial charge in [-0.25, -0.2) is 0 Å². The first-order valence-corrected chi connectivity index (χ1v) is 1.39. The minimum absolute atomic E-state index is 0. The van der Waals surface area contributed by atoms with Crippen LogP contribution >= 0.6 is 0 Å². The number of aliphatic hydroxyl groups is 1. The van der Waals surface area contributed by atoms with Crippen molar-refractivity contribution in [3.8, 4) is 6.07 Å². The number of nitriles is 1. The van der Waals surface area contributed by atoms with Gasteiger partial charge in [0.15, 0.2) is 0 Å². The van der Waals surface area contributed by atoms with Gasteiger partial charge in [0.1, 0.15) is 0 Å². The van der Waals surface area contributed by atoms with Gasteiger partial charge in [-0.1, -0.05) is 0 Å². The average Bonchev–Trinajstić information content (AvgIpc) is 1.41. The van der Waals surface area contributed by atoms with Gasteiger partial charge in [0.25, 0.3) is 0 Å². The number of rotatable bonds is 1. The third kappa shape index (κ3) is 8.92. The summed E-state index contributed by atoms with van der Waals surface area (Å²) in [7, 11) is 0. The van der Waals surface area contributed by atoms with Crippen LogP contribution in [0.2, 0.25) is 0 Å². The average molecular weight is 111 g/mol. The Morgan fingerprint density at radius 2 is 2.17 bits per heavy atom. The normalized spacial score (nSPS) is 5.33. The molecule has 0 aliphatic heterocycles. The van der Waals surface area contributed by atoms with Crippen molar-refractivity contribution in [2.75, 3.05) is 6.61 Å². The number of nitrogens with zero attached hydrogens (tertiary/aromatic N) is 1. The van der Waals surface area contributed by atoms with Crippen molar-refractivity contribution >= 4 is 51.4 Å². The Kier molecular flexibility index (Phi) is 15.9. The van der Waals surface area contributed by atoms with Gasteiger partial charge in [-0.3, -0.25) is 0 Å². The van der Waals surface area contributed by atoms with Gasteiger partial charge in [-0.2, -0.15) is 5.26 Å². The van der Waals surface area contributed by atoms with Crippen LogP contribution in [-0.2, 0) is 0 Å². The van der Waals surface area contributed by atoms with Crippen LogP contribution in [0.1, 0.15) is 6.42 Å². The third-order valence-electron chi connectivity index (χ3n) is 0.224. The van der Waals surface area contributed by atoms with Crippen molar-refractivity contribution in [3.63, 3.8) is 0 Å². The second-order valence-corrected chi connectivity index (χ2v) is 0.632. The van der Waals surface area contributed by atoms with E-state index >= 15 is 0 Å². The molecular weight excluding hydrogens is 105 g/mol. The Morgan fingerprint density at radius 1 is 1.67 bits per heavy atom. The second kappa shape index (κ2) is 9.43. The van der Waals surface area contributed by atoms with Crippen LogP contribution in [0.15, 0.2) is 0 Å². The molecule has 0 saturated carbocycles. The van der Waals surface area contributed by atoms with Crippen LogP contribution in [0.25, 0.3) is 0 Å². The Balaban J connectivity index is 0. The van der Waals surface area contributed by atoms with E-state index in [9.17, 15) is 0 Å². The molecule has 1 N–H and O–H groups in total. The molecule has 30 valence electrons. The molecule has 0 spiro atoms. The molecule has 0 aromatic heterocycles. The molecule has 0 amide bonds. The number of hydrogen-bond donors (Lipinski definition) is 1. The molecular formula is C3H6KNO. The Labute approximate surface area is 79.6 Å². The van der Waals surface area contributed by atoms with Crippen LogP contribution in [0.3, 0.4) is 0 Å². The topological polar surface area (TPSA) is 44.0 Å². The van der Waals surface area contributed by atoms with Crippen molar-refractivity contribution in [2.45, 2.75) is 6.42 Å². The van der Waals surface area contributed by atoms with E-state index < -0.39 is 0 Å². The summed E-state index contributed by atoms with van der Waals surface area (Å²) < 4.78 is 0. The molecule has 0 bridgehead atoms. The maximum atomic E-state index is 7.84. The summed E-state index contributed by atoms with van der Waals surface area (Å²) in [6.07, 6.45) is 0.250. The van der Waals surface area contributed by atoms with Gasteiger partial charge in [-0.05, 0) is 0 Å². The molecule has 6 heavy (non-hydrogen) atoms. The van der Waals surface area contributed by atoms with E-state index in [1.54, 1.807) is 6.07 Å². The first kappa shape index (κ1) is 10.1. The summed E-state index contributed by atoms with van der Waals surface area (Å²) >= 11 is 0. The molecule has 3 heteroatoms. The van der Waals surface area contributed by atoms with Crippen molar-refractivity contribution in [3.05, 3.63) is 0 Å². The SMILES string of the molecule is N#CCCO.[KH]. The fraction of sp³-hybridized carbons (Fsp3) is 0.667. The standard InChI is InChI=1S/C3H5NO.K.H/c4-2-1-3-5;;/h5H,1,3H2;;. The van der Waals surface area contributed by atoms with E-state index in [-0.39, 0.29) is 64.4 Å². The molecule has 0 unspecified atom stereocenters. The number of hydrogen-bond acceptors (Lipinski definition) is 2. The minimum atomic E-state index is -0.0174. The molecule has 0 saturated heterocycles. The third-order valence-corrected chi connectivity index (χ3v) is 0.224. The van der Waals surface area contributed by atoms with Gasteiger partial charge in [-0.15, -0.1) is 0 Å². The van der Waals surface area contributed by atoms with E-state index in [1.165, 1.54) is 0 Å². The maximum absolute atomic E-state index is 7.84. The van der Waals surface area contributed by atoms with Gasteiger partial charge >= 0.3 is 51.4 Å². The quantitative estimate of drug-likeness (QED) is 0.452. The zero-order valence-corrected chi connectivity index (χ0v) is 2.81. The van der Waals surface area contributed by atoms with Crippen LogP contribution in [0.4, 0.5) is 0 Å². The molecule has 0 aliphatic rings. The molecule has 0 radical (unpaired) electrons. The molecule has 0 aromatic carbocycles. The zero-order valence-electron chi connectivity index (χ0n) is 2.81.